The highest BCUT2D eigenvalue weighted by Gasteiger charge is 2.24. The average Bonchev–Trinajstić information content (AvgIpc) is 2.79. The molecule has 1 unspecified atom stereocenters. The molecule has 1 aromatic heterocycles. The SMILES string of the molecule is CCOC1CN(c2ncc([N+](=O)[O-])s2)CCO1. The lowest BCUT2D eigenvalue weighted by atomic mass is 10.4. The van der Waals surface area contributed by atoms with Gasteiger partial charge in [0, 0.05) is 13.2 Å². The van der Waals surface area contributed by atoms with E-state index in [2.05, 4.69) is 4.98 Å². The fourth-order valence-electron chi connectivity index (χ4n) is 1.57. The Kier molecular flexibility index (Phi) is 3.87. The molecule has 1 aromatic rings. The van der Waals surface area contributed by atoms with Gasteiger partial charge in [0.1, 0.15) is 6.20 Å². The molecule has 1 fully saturated rings. The molecule has 2 heterocycles. The molecule has 2 rings (SSSR count). The summed E-state index contributed by atoms with van der Waals surface area (Å²) in [5, 5.41) is 11.3. The van der Waals surface area contributed by atoms with Crippen molar-refractivity contribution in [1.29, 1.82) is 0 Å². The lowest BCUT2D eigenvalue weighted by Crippen LogP contribution is -2.43. The Labute approximate surface area is 102 Å². The Morgan fingerprint density at radius 3 is 3.29 bits per heavy atom. The van der Waals surface area contributed by atoms with Crippen molar-refractivity contribution in [1.82, 2.24) is 4.98 Å². The number of morpholine rings is 1. The van der Waals surface area contributed by atoms with Crippen LogP contribution in [0.15, 0.2) is 6.20 Å². The van der Waals surface area contributed by atoms with Crippen LogP contribution < -0.4 is 4.90 Å². The summed E-state index contributed by atoms with van der Waals surface area (Å²) in [4.78, 5) is 16.1. The van der Waals surface area contributed by atoms with Gasteiger partial charge in [-0.25, -0.2) is 4.98 Å². The molecule has 0 N–H and O–H groups in total. The molecule has 17 heavy (non-hydrogen) atoms. The lowest BCUT2D eigenvalue weighted by Gasteiger charge is -2.32. The molecule has 1 aliphatic rings. The van der Waals surface area contributed by atoms with E-state index in [0.29, 0.717) is 31.4 Å². The van der Waals surface area contributed by atoms with Gasteiger partial charge < -0.3 is 14.4 Å². The fraction of sp³-hybridized carbons (Fsp3) is 0.667. The highest BCUT2D eigenvalue weighted by atomic mass is 32.1. The van der Waals surface area contributed by atoms with Crippen molar-refractivity contribution in [2.24, 2.45) is 0 Å². The summed E-state index contributed by atoms with van der Waals surface area (Å²) in [6, 6.07) is 0. The second-order valence-corrected chi connectivity index (χ2v) is 4.43. The zero-order chi connectivity index (χ0) is 12.3. The topological polar surface area (TPSA) is 77.7 Å². The van der Waals surface area contributed by atoms with Crippen molar-refractivity contribution in [3.05, 3.63) is 16.3 Å². The van der Waals surface area contributed by atoms with Gasteiger partial charge in [-0.2, -0.15) is 0 Å². The first-order valence-corrected chi connectivity index (χ1v) is 6.10. The van der Waals surface area contributed by atoms with Gasteiger partial charge in [-0.15, -0.1) is 0 Å². The summed E-state index contributed by atoms with van der Waals surface area (Å²) < 4.78 is 10.8. The maximum atomic E-state index is 10.6. The van der Waals surface area contributed by atoms with Crippen molar-refractivity contribution in [2.75, 3.05) is 31.2 Å². The van der Waals surface area contributed by atoms with E-state index in [1.807, 2.05) is 11.8 Å². The van der Waals surface area contributed by atoms with E-state index in [1.165, 1.54) is 6.20 Å². The third-order valence-corrected chi connectivity index (χ3v) is 3.33. The maximum absolute atomic E-state index is 10.6. The van der Waals surface area contributed by atoms with Gasteiger partial charge in [0.25, 0.3) is 0 Å². The number of hydrogen-bond acceptors (Lipinski definition) is 7. The van der Waals surface area contributed by atoms with Gasteiger partial charge in [-0.1, -0.05) is 0 Å². The van der Waals surface area contributed by atoms with Crippen molar-refractivity contribution in [3.63, 3.8) is 0 Å². The van der Waals surface area contributed by atoms with E-state index in [-0.39, 0.29) is 11.3 Å². The molecule has 0 radical (unpaired) electrons. The zero-order valence-corrected chi connectivity index (χ0v) is 10.2. The molecule has 0 spiro atoms. The Morgan fingerprint density at radius 2 is 2.65 bits per heavy atom. The van der Waals surface area contributed by atoms with Crippen molar-refractivity contribution in [3.8, 4) is 0 Å². The molecule has 0 saturated carbocycles. The fourth-order valence-corrected chi connectivity index (χ4v) is 2.33. The van der Waals surface area contributed by atoms with Crippen LogP contribution in [0.2, 0.25) is 0 Å². The van der Waals surface area contributed by atoms with Crippen LogP contribution in [-0.4, -0.2) is 42.5 Å². The number of anilines is 1. The highest BCUT2D eigenvalue weighted by molar-refractivity contribution is 7.18. The lowest BCUT2D eigenvalue weighted by molar-refractivity contribution is -0.380. The van der Waals surface area contributed by atoms with E-state index in [4.69, 9.17) is 9.47 Å². The van der Waals surface area contributed by atoms with Crippen LogP contribution in [-0.2, 0) is 9.47 Å². The number of rotatable bonds is 4. The Balaban J connectivity index is 2.02. The molecule has 0 aliphatic carbocycles. The largest absolute Gasteiger partial charge is 0.351 e. The third kappa shape index (κ3) is 2.90. The van der Waals surface area contributed by atoms with Gasteiger partial charge in [0.05, 0.1) is 18.1 Å². The first-order chi connectivity index (χ1) is 8.20. The van der Waals surface area contributed by atoms with Crippen LogP contribution in [0.1, 0.15) is 6.92 Å². The molecule has 1 atom stereocenters. The molecule has 94 valence electrons. The molecule has 0 aromatic carbocycles. The predicted molar refractivity (Wildman–Crippen MR) is 62.3 cm³/mol. The normalized spacial score (nSPS) is 20.5. The number of aromatic nitrogens is 1. The van der Waals surface area contributed by atoms with Crippen LogP contribution in [0.4, 0.5) is 10.1 Å². The second-order valence-electron chi connectivity index (χ2n) is 3.44. The standard InChI is InChI=1S/C9H13N3O4S/c1-2-15-8-6-11(3-4-16-8)9-10-5-7(17-9)12(13)14/h5,8H,2-4,6H2,1H3. The van der Waals surface area contributed by atoms with Crippen LogP contribution in [0.3, 0.4) is 0 Å². The van der Waals surface area contributed by atoms with Crippen LogP contribution in [0, 0.1) is 10.1 Å². The van der Waals surface area contributed by atoms with Crippen LogP contribution >= 0.6 is 11.3 Å². The quantitative estimate of drug-likeness (QED) is 0.598. The molecule has 0 amide bonds. The molecular weight excluding hydrogens is 246 g/mol. The van der Waals surface area contributed by atoms with Crippen molar-refractivity contribution >= 4 is 21.5 Å². The van der Waals surface area contributed by atoms with E-state index >= 15 is 0 Å². The first-order valence-electron chi connectivity index (χ1n) is 5.29. The van der Waals surface area contributed by atoms with Crippen LogP contribution in [0.25, 0.3) is 0 Å². The summed E-state index contributed by atoms with van der Waals surface area (Å²) in [5.41, 5.74) is 0. The number of hydrogen-bond donors (Lipinski definition) is 0. The van der Waals surface area contributed by atoms with Crippen molar-refractivity contribution in [2.45, 2.75) is 13.2 Å². The van der Waals surface area contributed by atoms with Gasteiger partial charge in [0.15, 0.2) is 11.4 Å². The first kappa shape index (κ1) is 12.2. The summed E-state index contributed by atoms with van der Waals surface area (Å²) in [6.07, 6.45) is 1.00. The minimum atomic E-state index is -0.429. The van der Waals surface area contributed by atoms with E-state index in [9.17, 15) is 10.1 Å². The van der Waals surface area contributed by atoms with E-state index < -0.39 is 4.92 Å². The monoisotopic (exact) mass is 259 g/mol. The third-order valence-electron chi connectivity index (χ3n) is 2.32. The summed E-state index contributed by atoms with van der Waals surface area (Å²) >= 11 is 1.07. The number of nitrogens with zero attached hydrogens (tertiary/aromatic N) is 3. The summed E-state index contributed by atoms with van der Waals surface area (Å²) in [5.74, 6) is 0. The highest BCUT2D eigenvalue weighted by Crippen LogP contribution is 2.29. The van der Waals surface area contributed by atoms with E-state index in [0.717, 1.165) is 11.3 Å². The zero-order valence-electron chi connectivity index (χ0n) is 9.37. The predicted octanol–water partition coefficient (Wildman–Crippen LogP) is 1.25. The van der Waals surface area contributed by atoms with E-state index in [1.54, 1.807) is 0 Å². The summed E-state index contributed by atoms with van der Waals surface area (Å²) in [7, 11) is 0. The van der Waals surface area contributed by atoms with Crippen molar-refractivity contribution < 1.29 is 14.4 Å². The average molecular weight is 259 g/mol. The molecule has 0 bridgehead atoms. The Morgan fingerprint density at radius 1 is 1.82 bits per heavy atom. The van der Waals surface area contributed by atoms with Gasteiger partial charge in [-0.3, -0.25) is 10.1 Å². The molecule has 7 nitrogen and oxygen atoms in total. The Hall–Kier alpha value is -1.25. The van der Waals surface area contributed by atoms with Gasteiger partial charge >= 0.3 is 5.00 Å². The molecule has 8 heteroatoms. The summed E-state index contributed by atoms with van der Waals surface area (Å²) in [6.45, 7) is 4.25. The second kappa shape index (κ2) is 5.39. The molecule has 1 saturated heterocycles. The molecule has 1 aliphatic heterocycles. The maximum Gasteiger partial charge on any atom is 0.345 e. The van der Waals surface area contributed by atoms with Crippen LogP contribution in [0.5, 0.6) is 0 Å². The number of ether oxygens (including phenoxy) is 2. The van der Waals surface area contributed by atoms with Gasteiger partial charge in [0.2, 0.25) is 0 Å². The minimum Gasteiger partial charge on any atom is -0.351 e. The number of nitro groups is 1. The van der Waals surface area contributed by atoms with Gasteiger partial charge in [-0.05, 0) is 18.3 Å². The molecular formula is C9H13N3O4S. The smallest absolute Gasteiger partial charge is 0.345 e. The number of thiazole rings is 1. The minimum absolute atomic E-state index is 0.0550. The Bertz CT molecular complexity index is 395.